The first-order chi connectivity index (χ1) is 12.1. The van der Waals surface area contributed by atoms with Crippen LogP contribution in [-0.2, 0) is 19.6 Å². The van der Waals surface area contributed by atoms with E-state index < -0.39 is 22.1 Å². The molecule has 0 N–H and O–H groups in total. The molecule has 144 valence electrons. The predicted molar refractivity (Wildman–Crippen MR) is 97.6 cm³/mol. The first-order valence-electron chi connectivity index (χ1n) is 8.36. The first-order valence-corrected chi connectivity index (χ1v) is 10.2. The maximum atomic E-state index is 12.4. The van der Waals surface area contributed by atoms with Crippen molar-refractivity contribution in [3.63, 3.8) is 0 Å². The molecule has 0 aliphatic carbocycles. The van der Waals surface area contributed by atoms with Gasteiger partial charge in [-0.2, -0.15) is 0 Å². The number of amides is 1. The Bertz CT molecular complexity index is 788. The summed E-state index contributed by atoms with van der Waals surface area (Å²) in [5, 5.41) is 0.0605. The van der Waals surface area contributed by atoms with Crippen molar-refractivity contribution in [1.29, 1.82) is 0 Å². The van der Waals surface area contributed by atoms with Crippen molar-refractivity contribution in [2.45, 2.75) is 37.2 Å². The lowest BCUT2D eigenvalue weighted by molar-refractivity contribution is -0.140. The zero-order valence-corrected chi connectivity index (χ0v) is 16.6. The molecule has 7 nitrogen and oxygen atoms in total. The zero-order chi connectivity index (χ0) is 19.5. The van der Waals surface area contributed by atoms with Gasteiger partial charge in [0.2, 0.25) is 10.0 Å². The largest absolute Gasteiger partial charge is 0.449 e. The number of benzene rings is 1. The highest BCUT2D eigenvalue weighted by Crippen LogP contribution is 2.23. The highest BCUT2D eigenvalue weighted by molar-refractivity contribution is 7.89. The molecule has 0 radical (unpaired) electrons. The monoisotopic (exact) mass is 402 g/mol. The molecule has 0 aromatic heterocycles. The van der Waals surface area contributed by atoms with E-state index in [9.17, 15) is 18.0 Å². The normalized spacial score (nSPS) is 16.4. The molecule has 0 spiro atoms. The maximum absolute atomic E-state index is 12.4. The highest BCUT2D eigenvalue weighted by atomic mass is 35.5. The molecule has 2 rings (SSSR count). The van der Waals surface area contributed by atoms with E-state index in [2.05, 4.69) is 0 Å². The molecular weight excluding hydrogens is 380 g/mol. The third-order valence-electron chi connectivity index (χ3n) is 4.24. The SMILES string of the molecule is C[C@@H](OC(=O)c1cc(S(=O)(=O)N(C)C)ccc1Cl)C(=O)N1CCCCC1. The van der Waals surface area contributed by atoms with E-state index in [1.165, 1.54) is 33.2 Å². The molecule has 0 bridgehead atoms. The van der Waals surface area contributed by atoms with Crippen LogP contribution in [0.25, 0.3) is 0 Å². The van der Waals surface area contributed by atoms with Crippen LogP contribution in [0.1, 0.15) is 36.5 Å². The summed E-state index contributed by atoms with van der Waals surface area (Å²) in [6.45, 7) is 2.80. The average molecular weight is 403 g/mol. The second-order valence-electron chi connectivity index (χ2n) is 6.36. The Balaban J connectivity index is 2.17. The minimum absolute atomic E-state index is 0.0605. The van der Waals surface area contributed by atoms with Crippen LogP contribution in [0.5, 0.6) is 0 Å². The molecule has 0 unspecified atom stereocenters. The van der Waals surface area contributed by atoms with Gasteiger partial charge in [-0.3, -0.25) is 4.79 Å². The number of carbonyl (C=O) groups excluding carboxylic acids is 2. The fraction of sp³-hybridized carbons (Fsp3) is 0.529. The number of esters is 1. The lowest BCUT2D eigenvalue weighted by Crippen LogP contribution is -2.42. The van der Waals surface area contributed by atoms with Crippen LogP contribution in [0, 0.1) is 0 Å². The van der Waals surface area contributed by atoms with E-state index in [1.54, 1.807) is 4.90 Å². The van der Waals surface area contributed by atoms with Crippen molar-refractivity contribution in [3.05, 3.63) is 28.8 Å². The molecule has 1 aliphatic rings. The summed E-state index contributed by atoms with van der Waals surface area (Å²) in [7, 11) is -0.940. The topological polar surface area (TPSA) is 84.0 Å². The van der Waals surface area contributed by atoms with Crippen LogP contribution in [0.2, 0.25) is 5.02 Å². The van der Waals surface area contributed by atoms with Crippen molar-refractivity contribution < 1.29 is 22.7 Å². The van der Waals surface area contributed by atoms with Crippen LogP contribution < -0.4 is 0 Å². The van der Waals surface area contributed by atoms with Gasteiger partial charge in [-0.25, -0.2) is 17.5 Å². The Morgan fingerprint density at radius 2 is 1.81 bits per heavy atom. The summed E-state index contributed by atoms with van der Waals surface area (Å²) in [5.41, 5.74) is -0.0899. The van der Waals surface area contributed by atoms with Crippen molar-refractivity contribution in [2.75, 3.05) is 27.2 Å². The number of halogens is 1. The minimum atomic E-state index is -3.72. The van der Waals surface area contributed by atoms with Crippen LogP contribution >= 0.6 is 11.6 Å². The Morgan fingerprint density at radius 3 is 2.38 bits per heavy atom. The van der Waals surface area contributed by atoms with E-state index >= 15 is 0 Å². The van der Waals surface area contributed by atoms with Gasteiger partial charge in [0, 0.05) is 27.2 Å². The quantitative estimate of drug-likeness (QED) is 0.704. The number of likely N-dealkylation sites (tertiary alicyclic amines) is 1. The zero-order valence-electron chi connectivity index (χ0n) is 15.1. The fourth-order valence-electron chi connectivity index (χ4n) is 2.68. The lowest BCUT2D eigenvalue weighted by atomic mass is 10.1. The summed E-state index contributed by atoms with van der Waals surface area (Å²) in [4.78, 5) is 26.4. The molecule has 0 saturated carbocycles. The van der Waals surface area contributed by atoms with Gasteiger partial charge < -0.3 is 9.64 Å². The Morgan fingerprint density at radius 1 is 1.19 bits per heavy atom. The smallest absolute Gasteiger partial charge is 0.340 e. The molecule has 26 heavy (non-hydrogen) atoms. The van der Waals surface area contributed by atoms with E-state index in [-0.39, 0.29) is 21.4 Å². The summed E-state index contributed by atoms with van der Waals surface area (Å²) in [5.74, 6) is -1.09. The number of hydrogen-bond acceptors (Lipinski definition) is 5. The van der Waals surface area contributed by atoms with E-state index in [1.807, 2.05) is 0 Å². The maximum Gasteiger partial charge on any atom is 0.340 e. The number of hydrogen-bond donors (Lipinski definition) is 0. The molecular formula is C17H23ClN2O5S. The fourth-order valence-corrected chi connectivity index (χ4v) is 3.80. The third kappa shape index (κ3) is 4.55. The number of piperidine rings is 1. The third-order valence-corrected chi connectivity index (χ3v) is 6.38. The van der Waals surface area contributed by atoms with Crippen molar-refractivity contribution in [1.82, 2.24) is 9.21 Å². The number of sulfonamides is 1. The number of carbonyl (C=O) groups is 2. The van der Waals surface area contributed by atoms with Crippen molar-refractivity contribution >= 4 is 33.5 Å². The second kappa shape index (κ2) is 8.37. The van der Waals surface area contributed by atoms with Crippen LogP contribution in [-0.4, -0.2) is 62.8 Å². The number of ether oxygens (including phenoxy) is 1. The van der Waals surface area contributed by atoms with Gasteiger partial charge in [0.25, 0.3) is 5.91 Å². The van der Waals surface area contributed by atoms with Gasteiger partial charge in [-0.15, -0.1) is 0 Å². The van der Waals surface area contributed by atoms with Crippen molar-refractivity contribution in [3.8, 4) is 0 Å². The molecule has 9 heteroatoms. The standard InChI is InChI=1S/C17H23ClN2O5S/c1-12(16(21)20-9-5-4-6-10-20)25-17(22)14-11-13(7-8-15(14)18)26(23,24)19(2)3/h7-8,11-12H,4-6,9-10H2,1-3H3/t12-/m1/s1. The molecule has 1 aromatic rings. The number of rotatable bonds is 5. The van der Waals surface area contributed by atoms with Gasteiger partial charge in [0.1, 0.15) is 0 Å². The Hall–Kier alpha value is -1.64. The van der Waals surface area contributed by atoms with Gasteiger partial charge >= 0.3 is 5.97 Å². The van der Waals surface area contributed by atoms with Gasteiger partial charge in [0.05, 0.1) is 15.5 Å². The van der Waals surface area contributed by atoms with Gasteiger partial charge in [0.15, 0.2) is 6.10 Å². The minimum Gasteiger partial charge on any atom is -0.449 e. The summed E-state index contributed by atoms with van der Waals surface area (Å²) in [6.07, 6.45) is 1.98. The first kappa shape index (κ1) is 20.7. The van der Waals surface area contributed by atoms with Crippen molar-refractivity contribution in [2.24, 2.45) is 0 Å². The molecule has 1 saturated heterocycles. The van der Waals surface area contributed by atoms with Crippen LogP contribution in [0.4, 0.5) is 0 Å². The average Bonchev–Trinajstić information content (AvgIpc) is 2.61. The highest BCUT2D eigenvalue weighted by Gasteiger charge is 2.27. The molecule has 1 heterocycles. The van der Waals surface area contributed by atoms with E-state index in [4.69, 9.17) is 16.3 Å². The summed E-state index contributed by atoms with van der Waals surface area (Å²) in [6, 6.07) is 3.81. The molecule has 1 atom stereocenters. The Kier molecular flexibility index (Phi) is 6.65. The second-order valence-corrected chi connectivity index (χ2v) is 8.92. The summed E-state index contributed by atoms with van der Waals surface area (Å²) >= 11 is 6.03. The van der Waals surface area contributed by atoms with Crippen LogP contribution in [0.3, 0.4) is 0 Å². The lowest BCUT2D eigenvalue weighted by Gasteiger charge is -2.29. The van der Waals surface area contributed by atoms with Gasteiger partial charge in [-0.1, -0.05) is 11.6 Å². The number of nitrogens with zero attached hydrogens (tertiary/aromatic N) is 2. The predicted octanol–water partition coefficient (Wildman–Crippen LogP) is 2.15. The molecule has 1 aliphatic heterocycles. The van der Waals surface area contributed by atoms with E-state index in [0.29, 0.717) is 13.1 Å². The van der Waals surface area contributed by atoms with Crippen LogP contribution in [0.15, 0.2) is 23.1 Å². The Labute approximate surface area is 158 Å². The molecule has 1 aromatic carbocycles. The molecule has 1 amide bonds. The molecule has 1 fully saturated rings. The van der Waals surface area contributed by atoms with Gasteiger partial charge in [-0.05, 0) is 44.4 Å². The summed E-state index contributed by atoms with van der Waals surface area (Å²) < 4.78 is 30.7. The van der Waals surface area contributed by atoms with E-state index in [0.717, 1.165) is 29.6 Å².